The van der Waals surface area contributed by atoms with Crippen LogP contribution < -0.4 is 5.32 Å². The van der Waals surface area contributed by atoms with Crippen molar-refractivity contribution in [1.29, 1.82) is 0 Å². The molecule has 0 unspecified atom stereocenters. The molecule has 120 valence electrons. The number of carbonyl (C=O) groups is 1. The quantitative estimate of drug-likeness (QED) is 0.757. The van der Waals surface area contributed by atoms with Crippen molar-refractivity contribution in [3.8, 4) is 5.75 Å². The maximum absolute atomic E-state index is 12.4. The Labute approximate surface area is 139 Å². The van der Waals surface area contributed by atoms with Gasteiger partial charge < -0.3 is 10.4 Å². The molecule has 0 spiro atoms. The molecule has 2 heterocycles. The summed E-state index contributed by atoms with van der Waals surface area (Å²) in [4.78, 5) is 17.0. The first-order chi connectivity index (χ1) is 11.6. The standard InChI is InChI=1S/C19H17N3O2/c1-11-17(12(2)23)18(13-6-5-7-14(24)10-13)22-16-9-4-3-8-15(16)21-19(22)20-11/h3-10,18,24H,1-2H3,(H,20,21)/t18-/m1/s1. The van der Waals surface area contributed by atoms with Gasteiger partial charge in [-0.3, -0.25) is 9.36 Å². The molecule has 5 nitrogen and oxygen atoms in total. The van der Waals surface area contributed by atoms with Gasteiger partial charge in [-0.1, -0.05) is 24.3 Å². The zero-order valence-electron chi connectivity index (χ0n) is 13.4. The van der Waals surface area contributed by atoms with Crippen LogP contribution in [0.2, 0.25) is 0 Å². The van der Waals surface area contributed by atoms with Crippen LogP contribution in [0.5, 0.6) is 5.75 Å². The minimum Gasteiger partial charge on any atom is -0.508 e. The van der Waals surface area contributed by atoms with Gasteiger partial charge in [0.25, 0.3) is 0 Å². The number of ketones is 1. The monoisotopic (exact) mass is 319 g/mol. The molecule has 2 N–H and O–H groups in total. The zero-order chi connectivity index (χ0) is 16.8. The van der Waals surface area contributed by atoms with Gasteiger partial charge in [0.05, 0.1) is 17.1 Å². The number of nitrogens with zero attached hydrogens (tertiary/aromatic N) is 2. The Hall–Kier alpha value is -3.08. The molecule has 0 fully saturated rings. The predicted octanol–water partition coefficient (Wildman–Crippen LogP) is 3.62. The predicted molar refractivity (Wildman–Crippen MR) is 93.0 cm³/mol. The van der Waals surface area contributed by atoms with E-state index in [1.165, 1.54) is 0 Å². The van der Waals surface area contributed by atoms with Gasteiger partial charge in [0.2, 0.25) is 5.95 Å². The molecule has 1 aliphatic rings. The summed E-state index contributed by atoms with van der Waals surface area (Å²) in [5, 5.41) is 13.1. The SMILES string of the molecule is CC(=O)C1=C(C)Nc2nc3ccccc3n2[C@@H]1c1cccc(O)c1. The maximum Gasteiger partial charge on any atom is 0.209 e. The van der Waals surface area contributed by atoms with Gasteiger partial charge in [-0.15, -0.1) is 0 Å². The molecule has 5 heteroatoms. The highest BCUT2D eigenvalue weighted by Gasteiger charge is 2.32. The topological polar surface area (TPSA) is 67.2 Å². The molecule has 24 heavy (non-hydrogen) atoms. The number of phenolic OH excluding ortho intramolecular Hbond substituents is 1. The average molecular weight is 319 g/mol. The third-order valence-corrected chi connectivity index (χ3v) is 4.40. The van der Waals surface area contributed by atoms with Crippen LogP contribution in [0, 0.1) is 0 Å². The van der Waals surface area contributed by atoms with Crippen molar-refractivity contribution in [3.63, 3.8) is 0 Å². The Morgan fingerprint density at radius 1 is 1.21 bits per heavy atom. The van der Waals surface area contributed by atoms with Crippen molar-refractivity contribution in [3.05, 3.63) is 65.4 Å². The van der Waals surface area contributed by atoms with Crippen LogP contribution in [0.25, 0.3) is 11.0 Å². The number of imidazole rings is 1. The van der Waals surface area contributed by atoms with E-state index >= 15 is 0 Å². The molecule has 2 aromatic carbocycles. The summed E-state index contributed by atoms with van der Waals surface area (Å²) in [5.74, 6) is 0.876. The summed E-state index contributed by atoms with van der Waals surface area (Å²) in [7, 11) is 0. The van der Waals surface area contributed by atoms with E-state index in [0.29, 0.717) is 11.5 Å². The van der Waals surface area contributed by atoms with Gasteiger partial charge in [-0.05, 0) is 43.7 Å². The second-order valence-corrected chi connectivity index (χ2v) is 6.01. The number of carbonyl (C=O) groups excluding carboxylic acids is 1. The molecule has 1 aromatic heterocycles. The summed E-state index contributed by atoms with van der Waals surface area (Å²) >= 11 is 0. The van der Waals surface area contributed by atoms with Gasteiger partial charge in [0.1, 0.15) is 5.75 Å². The molecule has 0 aliphatic carbocycles. The molecule has 3 aromatic rings. The van der Waals surface area contributed by atoms with Crippen molar-refractivity contribution in [1.82, 2.24) is 9.55 Å². The van der Waals surface area contributed by atoms with E-state index in [-0.39, 0.29) is 17.6 Å². The van der Waals surface area contributed by atoms with Crippen LogP contribution in [0.3, 0.4) is 0 Å². The number of nitrogens with one attached hydrogen (secondary N) is 1. The molecular formula is C19H17N3O2. The van der Waals surface area contributed by atoms with E-state index in [1.54, 1.807) is 25.1 Å². The number of anilines is 1. The number of phenols is 1. The lowest BCUT2D eigenvalue weighted by Gasteiger charge is -2.30. The third kappa shape index (κ3) is 2.09. The van der Waals surface area contributed by atoms with Crippen LogP contribution in [0.1, 0.15) is 25.5 Å². The van der Waals surface area contributed by atoms with Crippen molar-refractivity contribution < 1.29 is 9.90 Å². The number of hydrogen-bond donors (Lipinski definition) is 2. The molecule has 0 saturated heterocycles. The molecule has 1 aliphatic heterocycles. The molecule has 0 saturated carbocycles. The molecule has 0 bridgehead atoms. The number of hydrogen-bond acceptors (Lipinski definition) is 4. The summed E-state index contributed by atoms with van der Waals surface area (Å²) in [5.41, 5.74) is 4.13. The lowest BCUT2D eigenvalue weighted by molar-refractivity contribution is -0.114. The summed E-state index contributed by atoms with van der Waals surface area (Å²) in [6, 6.07) is 14.5. The highest BCUT2D eigenvalue weighted by atomic mass is 16.3. The van der Waals surface area contributed by atoms with Crippen LogP contribution in [-0.2, 0) is 4.79 Å². The van der Waals surface area contributed by atoms with Crippen LogP contribution in [-0.4, -0.2) is 20.4 Å². The fraction of sp³-hybridized carbons (Fsp3) is 0.158. The lowest BCUT2D eigenvalue weighted by Crippen LogP contribution is -2.26. The van der Waals surface area contributed by atoms with E-state index in [9.17, 15) is 9.90 Å². The van der Waals surface area contributed by atoms with Gasteiger partial charge >= 0.3 is 0 Å². The maximum atomic E-state index is 12.4. The van der Waals surface area contributed by atoms with Gasteiger partial charge in [0.15, 0.2) is 5.78 Å². The number of para-hydroxylation sites is 2. The molecule has 0 amide bonds. The molecule has 0 radical (unpaired) electrons. The van der Waals surface area contributed by atoms with E-state index in [0.717, 1.165) is 22.3 Å². The van der Waals surface area contributed by atoms with E-state index in [2.05, 4.69) is 10.3 Å². The first-order valence-corrected chi connectivity index (χ1v) is 7.81. The summed E-state index contributed by atoms with van der Waals surface area (Å²) in [6.45, 7) is 3.45. The molecule has 1 atom stereocenters. The first kappa shape index (κ1) is 14.5. The second-order valence-electron chi connectivity index (χ2n) is 6.01. The number of benzene rings is 2. The van der Waals surface area contributed by atoms with E-state index < -0.39 is 0 Å². The van der Waals surface area contributed by atoms with Gasteiger partial charge in [0, 0.05) is 11.3 Å². The highest BCUT2D eigenvalue weighted by molar-refractivity contribution is 5.97. The van der Waals surface area contributed by atoms with Crippen molar-refractivity contribution in [2.75, 3.05) is 5.32 Å². The fourth-order valence-electron chi connectivity index (χ4n) is 3.43. The van der Waals surface area contributed by atoms with Crippen molar-refractivity contribution >= 4 is 22.8 Å². The second kappa shape index (κ2) is 5.23. The van der Waals surface area contributed by atoms with Crippen LogP contribution in [0.4, 0.5) is 5.95 Å². The number of rotatable bonds is 2. The smallest absolute Gasteiger partial charge is 0.209 e. The van der Waals surface area contributed by atoms with Crippen LogP contribution >= 0.6 is 0 Å². The number of allylic oxidation sites excluding steroid dienone is 2. The Morgan fingerprint density at radius 3 is 2.75 bits per heavy atom. The molecular weight excluding hydrogens is 302 g/mol. The Bertz CT molecular complexity index is 1000. The Balaban J connectivity index is 2.05. The van der Waals surface area contributed by atoms with Gasteiger partial charge in [-0.25, -0.2) is 4.98 Å². The van der Waals surface area contributed by atoms with Crippen molar-refractivity contribution in [2.45, 2.75) is 19.9 Å². The highest BCUT2D eigenvalue weighted by Crippen LogP contribution is 2.39. The van der Waals surface area contributed by atoms with E-state index in [1.807, 2.05) is 41.8 Å². The largest absolute Gasteiger partial charge is 0.508 e. The number of aromatic nitrogens is 2. The van der Waals surface area contributed by atoms with Gasteiger partial charge in [-0.2, -0.15) is 0 Å². The average Bonchev–Trinajstić information content (AvgIpc) is 2.91. The summed E-state index contributed by atoms with van der Waals surface area (Å²) < 4.78 is 2.02. The molecule has 4 rings (SSSR count). The van der Waals surface area contributed by atoms with Crippen LogP contribution in [0.15, 0.2) is 59.8 Å². The normalized spacial score (nSPS) is 16.8. The first-order valence-electron chi connectivity index (χ1n) is 7.81. The Kier molecular flexibility index (Phi) is 3.16. The zero-order valence-corrected chi connectivity index (χ0v) is 13.4. The fourth-order valence-corrected chi connectivity index (χ4v) is 3.43. The number of fused-ring (bicyclic) bond motifs is 3. The van der Waals surface area contributed by atoms with E-state index in [4.69, 9.17) is 0 Å². The lowest BCUT2D eigenvalue weighted by atomic mass is 9.92. The number of Topliss-reactive ketones (excluding diaryl/α,β-unsaturated/α-hetero) is 1. The Morgan fingerprint density at radius 2 is 2.00 bits per heavy atom. The third-order valence-electron chi connectivity index (χ3n) is 4.40. The minimum absolute atomic E-state index is 0.00299. The number of aromatic hydroxyl groups is 1. The summed E-state index contributed by atoms with van der Waals surface area (Å²) in [6.07, 6.45) is 0. The minimum atomic E-state index is -0.321. The van der Waals surface area contributed by atoms with Crippen molar-refractivity contribution in [2.24, 2.45) is 0 Å².